The Morgan fingerprint density at radius 2 is 1.76 bits per heavy atom. The van der Waals surface area contributed by atoms with Crippen LogP contribution in [-0.4, -0.2) is 51.1 Å². The molecule has 0 amide bonds. The molecule has 170 valence electrons. The monoisotopic (exact) mass is 468 g/mol. The minimum atomic E-state index is -1.74. The average molecular weight is 469 g/mol. The van der Waals surface area contributed by atoms with E-state index in [1.165, 1.54) is 18.3 Å². The molecule has 0 atom stereocenters. The number of fused-ring (bicyclic) bond motifs is 1. The van der Waals surface area contributed by atoms with Crippen LogP contribution in [0.4, 0.5) is 10.1 Å². The number of anilines is 1. The summed E-state index contributed by atoms with van der Waals surface area (Å²) < 4.78 is 15.1. The maximum atomic E-state index is 13.4. The van der Waals surface area contributed by atoms with Crippen molar-refractivity contribution in [3.8, 4) is 0 Å². The van der Waals surface area contributed by atoms with Gasteiger partial charge >= 0.3 is 5.97 Å². The number of nitrogens with zero attached hydrogens (tertiary/aromatic N) is 2. The summed E-state index contributed by atoms with van der Waals surface area (Å²) in [7, 11) is 0. The number of rotatable bonds is 6. The maximum Gasteiger partial charge on any atom is 0.376 e. The first kappa shape index (κ1) is 22.6. The van der Waals surface area contributed by atoms with Gasteiger partial charge in [-0.3, -0.25) is 9.59 Å². The third-order valence-corrected chi connectivity index (χ3v) is 6.40. The Kier molecular flexibility index (Phi) is 6.50. The van der Waals surface area contributed by atoms with E-state index >= 15 is 0 Å². The van der Waals surface area contributed by atoms with Gasteiger partial charge in [0.05, 0.1) is 11.1 Å². The Morgan fingerprint density at radius 3 is 2.42 bits per heavy atom. The van der Waals surface area contributed by atoms with Crippen molar-refractivity contribution in [1.29, 1.82) is 0 Å². The van der Waals surface area contributed by atoms with Crippen LogP contribution in [0.25, 0.3) is 16.7 Å². The standard InChI is InChI=1S/C24H21FN2O5S/c25-16-3-1-15(2-4-16)13-27-14-19(21(28)12-22(29)24(31)32)23(30)18-6-5-17(11-20(18)27)26-7-9-33-10-8-26/h1-6,11-12,14,28H,7-10,13H2,(H,31,32)/b21-12-. The number of aliphatic carboxylic acids is 1. The summed E-state index contributed by atoms with van der Waals surface area (Å²) in [4.78, 5) is 37.8. The second-order valence-corrected chi connectivity index (χ2v) is 8.85. The summed E-state index contributed by atoms with van der Waals surface area (Å²) >= 11 is 1.89. The van der Waals surface area contributed by atoms with Crippen molar-refractivity contribution in [2.45, 2.75) is 6.54 Å². The highest BCUT2D eigenvalue weighted by Crippen LogP contribution is 2.25. The molecule has 9 heteroatoms. The number of pyridine rings is 1. The Hall–Kier alpha value is -3.59. The number of aliphatic hydroxyl groups excluding tert-OH is 1. The summed E-state index contributed by atoms with van der Waals surface area (Å²) in [5.41, 5.74) is 1.62. The van der Waals surface area contributed by atoms with Crippen LogP contribution in [0.2, 0.25) is 0 Å². The number of hydrogen-bond donors (Lipinski definition) is 2. The molecule has 4 rings (SSSR count). The fraction of sp³-hybridized carbons (Fsp3) is 0.208. The fourth-order valence-corrected chi connectivity index (χ4v) is 4.66. The number of carboxylic acid groups (broad SMARTS) is 1. The molecule has 2 aromatic carbocycles. The molecule has 1 fully saturated rings. The number of halogens is 1. The molecule has 1 saturated heterocycles. The van der Waals surface area contributed by atoms with Crippen molar-refractivity contribution in [3.63, 3.8) is 0 Å². The first-order chi connectivity index (χ1) is 15.8. The van der Waals surface area contributed by atoms with Crippen molar-refractivity contribution in [2.75, 3.05) is 29.5 Å². The molecule has 33 heavy (non-hydrogen) atoms. The lowest BCUT2D eigenvalue weighted by atomic mass is 10.1. The Labute approximate surface area is 192 Å². The highest BCUT2D eigenvalue weighted by molar-refractivity contribution is 7.99. The van der Waals surface area contributed by atoms with Gasteiger partial charge in [0.2, 0.25) is 0 Å². The molecule has 0 unspecified atom stereocenters. The Bertz CT molecular complexity index is 1310. The first-order valence-electron chi connectivity index (χ1n) is 10.3. The molecule has 0 radical (unpaired) electrons. The number of carboxylic acids is 1. The van der Waals surface area contributed by atoms with E-state index in [1.54, 1.807) is 22.8 Å². The molecule has 0 spiro atoms. The van der Waals surface area contributed by atoms with E-state index in [4.69, 9.17) is 5.11 Å². The van der Waals surface area contributed by atoms with E-state index in [0.717, 1.165) is 35.8 Å². The highest BCUT2D eigenvalue weighted by atomic mass is 32.2. The number of aromatic nitrogens is 1. The lowest BCUT2D eigenvalue weighted by Crippen LogP contribution is -2.32. The summed E-state index contributed by atoms with van der Waals surface area (Å²) in [6.07, 6.45) is 1.91. The smallest absolute Gasteiger partial charge is 0.376 e. The van der Waals surface area contributed by atoms with Gasteiger partial charge in [-0.1, -0.05) is 12.1 Å². The molecule has 1 aliphatic rings. The van der Waals surface area contributed by atoms with Gasteiger partial charge in [-0.25, -0.2) is 9.18 Å². The number of ketones is 1. The summed E-state index contributed by atoms with van der Waals surface area (Å²) in [5, 5.41) is 19.5. The van der Waals surface area contributed by atoms with Crippen LogP contribution in [0.15, 0.2) is 59.5 Å². The minimum Gasteiger partial charge on any atom is -0.507 e. The van der Waals surface area contributed by atoms with Crippen LogP contribution in [0, 0.1) is 5.82 Å². The largest absolute Gasteiger partial charge is 0.507 e. The van der Waals surface area contributed by atoms with E-state index < -0.39 is 22.9 Å². The molecule has 0 aliphatic carbocycles. The SMILES string of the molecule is O=C(O)C(=O)/C=C(\O)c1cn(Cc2ccc(F)cc2)c2cc(N3CCSCC3)ccc2c1=O. The van der Waals surface area contributed by atoms with Crippen LogP contribution in [0.3, 0.4) is 0 Å². The zero-order chi connectivity index (χ0) is 23.5. The van der Waals surface area contributed by atoms with Gasteiger partial charge in [-0.05, 0) is 35.9 Å². The predicted octanol–water partition coefficient (Wildman–Crippen LogP) is 3.29. The lowest BCUT2D eigenvalue weighted by Gasteiger charge is -2.29. The number of benzene rings is 2. The topological polar surface area (TPSA) is 99.8 Å². The Morgan fingerprint density at radius 1 is 1.06 bits per heavy atom. The quantitative estimate of drug-likeness (QED) is 0.325. The summed E-state index contributed by atoms with van der Waals surface area (Å²) in [5.74, 6) is -2.15. The molecule has 3 aromatic rings. The van der Waals surface area contributed by atoms with E-state index in [2.05, 4.69) is 4.90 Å². The van der Waals surface area contributed by atoms with E-state index in [-0.39, 0.29) is 17.9 Å². The number of aliphatic hydroxyl groups is 1. The van der Waals surface area contributed by atoms with E-state index in [0.29, 0.717) is 17.0 Å². The molecule has 2 heterocycles. The molecular formula is C24H21FN2O5S. The van der Waals surface area contributed by atoms with Gasteiger partial charge in [0, 0.05) is 54.5 Å². The second-order valence-electron chi connectivity index (χ2n) is 7.63. The van der Waals surface area contributed by atoms with Crippen LogP contribution in [0.1, 0.15) is 11.1 Å². The van der Waals surface area contributed by atoms with Crippen molar-refractivity contribution >= 4 is 45.9 Å². The summed E-state index contributed by atoms with van der Waals surface area (Å²) in [6, 6.07) is 11.3. The summed E-state index contributed by atoms with van der Waals surface area (Å²) in [6.45, 7) is 2.04. The number of carbonyl (C=O) groups is 2. The van der Waals surface area contributed by atoms with E-state index in [1.807, 2.05) is 23.9 Å². The number of hydrogen-bond acceptors (Lipinski definition) is 6. The molecular weight excluding hydrogens is 447 g/mol. The van der Waals surface area contributed by atoms with Crippen LogP contribution in [0.5, 0.6) is 0 Å². The van der Waals surface area contributed by atoms with Crippen molar-refractivity contribution in [1.82, 2.24) is 4.57 Å². The molecule has 1 aliphatic heterocycles. The third kappa shape index (κ3) is 4.93. The van der Waals surface area contributed by atoms with Crippen LogP contribution < -0.4 is 10.3 Å². The van der Waals surface area contributed by atoms with Crippen LogP contribution in [-0.2, 0) is 16.1 Å². The van der Waals surface area contributed by atoms with Gasteiger partial charge in [0.1, 0.15) is 11.6 Å². The first-order valence-corrected chi connectivity index (χ1v) is 11.4. The third-order valence-electron chi connectivity index (χ3n) is 5.46. The van der Waals surface area contributed by atoms with Crippen molar-refractivity contribution in [3.05, 3.63) is 81.9 Å². The number of thioether (sulfide) groups is 1. The highest BCUT2D eigenvalue weighted by Gasteiger charge is 2.18. The van der Waals surface area contributed by atoms with Crippen molar-refractivity contribution < 1.29 is 24.2 Å². The average Bonchev–Trinajstić information content (AvgIpc) is 2.82. The van der Waals surface area contributed by atoms with Gasteiger partial charge in [-0.2, -0.15) is 11.8 Å². The predicted molar refractivity (Wildman–Crippen MR) is 126 cm³/mol. The lowest BCUT2D eigenvalue weighted by molar-refractivity contribution is -0.146. The van der Waals surface area contributed by atoms with Crippen LogP contribution >= 0.6 is 11.8 Å². The van der Waals surface area contributed by atoms with Gasteiger partial charge in [0.25, 0.3) is 5.78 Å². The zero-order valence-corrected chi connectivity index (χ0v) is 18.3. The molecule has 0 bridgehead atoms. The van der Waals surface area contributed by atoms with Crippen molar-refractivity contribution in [2.24, 2.45) is 0 Å². The minimum absolute atomic E-state index is 0.193. The van der Waals surface area contributed by atoms with Gasteiger partial charge < -0.3 is 19.7 Å². The molecule has 7 nitrogen and oxygen atoms in total. The van der Waals surface area contributed by atoms with Gasteiger partial charge in [0.15, 0.2) is 5.43 Å². The normalized spacial score (nSPS) is 14.5. The maximum absolute atomic E-state index is 13.4. The number of carbonyl (C=O) groups excluding carboxylic acids is 1. The second kappa shape index (κ2) is 9.50. The zero-order valence-electron chi connectivity index (χ0n) is 17.5. The molecule has 2 N–H and O–H groups in total. The fourth-order valence-electron chi connectivity index (χ4n) is 3.76. The molecule has 0 saturated carbocycles. The van der Waals surface area contributed by atoms with E-state index in [9.17, 15) is 23.9 Å². The van der Waals surface area contributed by atoms with Gasteiger partial charge in [-0.15, -0.1) is 0 Å². The molecule has 1 aromatic heterocycles. The Balaban J connectivity index is 1.87.